The number of aryl methyl sites for hydroxylation is 1. The van der Waals surface area contributed by atoms with E-state index in [1.54, 1.807) is 51.6 Å². The summed E-state index contributed by atoms with van der Waals surface area (Å²) in [4.78, 5) is 95.9. The molecule has 6 aromatic carbocycles. The Morgan fingerprint density at radius 1 is 0.429 bits per heavy atom. The van der Waals surface area contributed by atoms with E-state index in [-0.39, 0.29) is 69.1 Å². The molecule has 3 amide bonds. The topological polar surface area (TPSA) is 335 Å². The van der Waals surface area contributed by atoms with E-state index in [0.29, 0.717) is 186 Å². The summed E-state index contributed by atoms with van der Waals surface area (Å²) in [6.07, 6.45) is 17.6. The highest BCUT2D eigenvalue weighted by molar-refractivity contribution is 6.34. The van der Waals surface area contributed by atoms with Crippen LogP contribution in [0.4, 0.5) is 26.2 Å². The van der Waals surface area contributed by atoms with Gasteiger partial charge in [-0.05, 0) is 149 Å². The van der Waals surface area contributed by atoms with Gasteiger partial charge in [0.15, 0.2) is 11.5 Å². The normalized spacial score (nSPS) is 15.4. The van der Waals surface area contributed by atoms with Gasteiger partial charge in [0.25, 0.3) is 0 Å². The van der Waals surface area contributed by atoms with Crippen molar-refractivity contribution in [2.45, 2.75) is 91.4 Å². The summed E-state index contributed by atoms with van der Waals surface area (Å²) in [6.45, 7) is 31.7. The number of para-hydroxylation sites is 1. The molecule has 36 heteroatoms. The number of nitrogens with one attached hydrogen (secondary N) is 3. The Morgan fingerprint density at radius 2 is 0.797 bits per heavy atom. The predicted molar refractivity (Wildman–Crippen MR) is 502 cm³/mol. The number of carbonyl (C=O) groups is 3. The standard InChI is InChI=1S/C34H36N8O3.C33H32ClFN8O3.C30H25ClFN7O3/c1-5-29(43)40-15-17-41(18-16-40)32-25-11-13-35-33(45-31-22(4)9-10-27-26(31)19-36-39-27)30(25)37-34(38-32)44-28-8-6-7-23-20-42(21(2)3)14-12-24(23)28;1-4-27(44)41-12-14-42(15-13-41)31-22-8-10-36-32(46-30-23-17-37-40-25(23)16-24(35)28(30)34)29(22)38-33(39-31)45-26-7-5-6-20-18-43(19(2)3)11-9-21(20)26;1-2-24(40)38-11-13-39(14-12-38)28-19-9-10-33-29(42-27-20-16-34-37-22(20)15-21(32)25(27)31)26(19)35-30(36-28)41-23-6-4-3-5-18(23)17-7-8-17/h5-11,13,19,21H,1,12,14-18,20H2,2-4H3,(H,36,39);4-8,10,16-17,19H,1,9,11-15,18H2,2-3H3,(H,37,40);2-6,9-10,15-17H,1,7-8,11-14H2,(H,34,37). The number of rotatable bonds is 21. The Morgan fingerprint density at radius 3 is 1.19 bits per heavy atom. The lowest BCUT2D eigenvalue weighted by Gasteiger charge is -2.35. The minimum absolute atomic E-state index is 0.0661. The van der Waals surface area contributed by atoms with Crippen LogP contribution in [-0.2, 0) is 40.3 Å². The van der Waals surface area contributed by atoms with Crippen molar-refractivity contribution in [2.24, 2.45) is 0 Å². The van der Waals surface area contributed by atoms with E-state index in [4.69, 9.17) is 81.5 Å². The van der Waals surface area contributed by atoms with Gasteiger partial charge in [-0.1, -0.05) is 91.5 Å². The predicted octanol–water partition coefficient (Wildman–Crippen LogP) is 17.3. The fraction of sp³-hybridized carbons (Fsp3) is 0.289. The van der Waals surface area contributed by atoms with Gasteiger partial charge in [-0.2, -0.15) is 45.2 Å². The molecule has 3 saturated heterocycles. The van der Waals surface area contributed by atoms with Gasteiger partial charge in [0, 0.05) is 159 Å². The summed E-state index contributed by atoms with van der Waals surface area (Å²) in [5.74, 6) is 4.23. The third kappa shape index (κ3) is 18.0. The summed E-state index contributed by atoms with van der Waals surface area (Å²) in [5, 5.41) is 24.3. The van der Waals surface area contributed by atoms with Crippen LogP contribution in [0.15, 0.2) is 178 Å². The number of hydrogen-bond acceptors (Lipinski definition) is 26. The number of hydrogen-bond donors (Lipinski definition) is 3. The fourth-order valence-electron chi connectivity index (χ4n) is 17.5. The van der Waals surface area contributed by atoms with Crippen molar-refractivity contribution >= 4 is 124 Å². The Balaban J connectivity index is 0.000000129. The van der Waals surface area contributed by atoms with E-state index in [2.05, 4.69) is 136 Å². The van der Waals surface area contributed by atoms with Crippen LogP contribution in [0.25, 0.3) is 65.4 Å². The van der Waals surface area contributed by atoms with Crippen LogP contribution < -0.4 is 43.1 Å². The van der Waals surface area contributed by atoms with Gasteiger partial charge in [-0.3, -0.25) is 39.5 Å². The van der Waals surface area contributed by atoms with E-state index in [1.165, 1.54) is 59.4 Å². The number of pyridine rings is 3. The van der Waals surface area contributed by atoms with Crippen molar-refractivity contribution in [3.05, 3.63) is 233 Å². The molecule has 6 aliphatic rings. The lowest BCUT2D eigenvalue weighted by Crippen LogP contribution is -2.48. The maximum atomic E-state index is 14.8. The van der Waals surface area contributed by atoms with E-state index in [0.717, 1.165) is 90.6 Å². The van der Waals surface area contributed by atoms with Gasteiger partial charge >= 0.3 is 18.0 Å². The number of aromatic amines is 3. The molecule has 4 fully saturated rings. The van der Waals surface area contributed by atoms with Gasteiger partial charge < -0.3 is 57.8 Å². The summed E-state index contributed by atoms with van der Waals surface area (Å²) in [7, 11) is 0. The van der Waals surface area contributed by atoms with Crippen LogP contribution in [0.5, 0.6) is 70.2 Å². The Bertz CT molecular complexity index is 7050. The Kier molecular flexibility index (Phi) is 24.9. The molecule has 14 heterocycles. The number of halogens is 4. The number of anilines is 3. The first-order valence-electron chi connectivity index (χ1n) is 44.1. The van der Waals surface area contributed by atoms with Crippen LogP contribution in [0.1, 0.15) is 79.8 Å². The molecule has 0 bridgehead atoms. The Labute approximate surface area is 772 Å². The summed E-state index contributed by atoms with van der Waals surface area (Å²) >= 11 is 12.7. The molecule has 9 aromatic heterocycles. The minimum Gasteiger partial charge on any atom is -0.436 e. The third-order valence-electron chi connectivity index (χ3n) is 24.9. The molecule has 133 heavy (non-hydrogen) atoms. The zero-order valence-electron chi connectivity index (χ0n) is 73.6. The quantitative estimate of drug-likeness (QED) is 0.0563. The highest BCUT2D eigenvalue weighted by Crippen LogP contribution is 2.48. The molecule has 1 saturated carbocycles. The van der Waals surface area contributed by atoms with Crippen molar-refractivity contribution in [2.75, 3.05) is 106 Å². The number of nitrogens with zero attached hydrogens (tertiary/aromatic N) is 20. The number of aromatic nitrogens is 15. The summed E-state index contributed by atoms with van der Waals surface area (Å²) in [6, 6.07) is 33.4. The van der Waals surface area contributed by atoms with Crippen molar-refractivity contribution in [1.82, 2.24) is 99.9 Å². The van der Waals surface area contributed by atoms with Gasteiger partial charge in [0.05, 0.1) is 67.5 Å². The SMILES string of the molecule is C=CC(=O)N1CCN(c2nc(Oc3cccc4c3CCN(C(C)C)C4)nc3c(Oc4c(C)ccc5[nH]ncc45)nccc23)CC1.C=CC(=O)N1CCN(c2nc(Oc3cccc4c3CCN(C(C)C)C4)nc3c(Oc4c(Cl)c(F)cc5[nH]ncc45)nccc23)CC1.C=CC(=O)N1CCN(c2nc(Oc3ccccc3C3CC3)nc3c(Oc4c(Cl)c(F)cc5[nH]ncc45)nccc23)CC1. The highest BCUT2D eigenvalue weighted by atomic mass is 35.5. The molecule has 1 aliphatic carbocycles. The molecule has 21 rings (SSSR count). The molecule has 0 radical (unpaired) electrons. The number of H-pyrrole nitrogens is 3. The molecular formula is C97H93Cl2F2N23O9. The Hall–Kier alpha value is -14.6. The maximum absolute atomic E-state index is 14.8. The molecule has 15 aromatic rings. The molecule has 5 aliphatic heterocycles. The molecule has 678 valence electrons. The lowest BCUT2D eigenvalue weighted by atomic mass is 9.98. The second kappa shape index (κ2) is 37.7. The van der Waals surface area contributed by atoms with E-state index >= 15 is 0 Å². The first-order chi connectivity index (χ1) is 64.7. The number of carbonyl (C=O) groups excluding carboxylic acids is 3. The average molecular weight is 1830 g/mol. The van der Waals surface area contributed by atoms with Gasteiger partial charge in [0.2, 0.25) is 35.4 Å². The minimum atomic E-state index is -0.662. The number of ether oxygens (including phenoxy) is 6. The van der Waals surface area contributed by atoms with Crippen LogP contribution in [0.3, 0.4) is 0 Å². The van der Waals surface area contributed by atoms with E-state index in [1.807, 2.05) is 67.6 Å². The number of piperazine rings is 3. The molecule has 0 atom stereocenters. The number of amides is 3. The average Bonchev–Trinajstić information content (AvgIpc) is 1.60. The maximum Gasteiger partial charge on any atom is 0.324 e. The van der Waals surface area contributed by atoms with Crippen molar-refractivity contribution in [3.63, 3.8) is 0 Å². The second-order valence-corrected chi connectivity index (χ2v) is 34.4. The molecule has 32 nitrogen and oxygen atoms in total. The highest BCUT2D eigenvalue weighted by Gasteiger charge is 2.34. The smallest absolute Gasteiger partial charge is 0.324 e. The number of benzene rings is 6. The zero-order chi connectivity index (χ0) is 91.8. The van der Waals surface area contributed by atoms with Crippen LogP contribution in [-0.4, -0.2) is 221 Å². The van der Waals surface area contributed by atoms with Crippen molar-refractivity contribution in [1.29, 1.82) is 0 Å². The van der Waals surface area contributed by atoms with E-state index < -0.39 is 11.6 Å². The van der Waals surface area contributed by atoms with E-state index in [9.17, 15) is 23.2 Å². The largest absolute Gasteiger partial charge is 0.436 e. The fourth-order valence-corrected chi connectivity index (χ4v) is 17.9. The van der Waals surface area contributed by atoms with Crippen LogP contribution >= 0.6 is 23.2 Å². The van der Waals surface area contributed by atoms with Gasteiger partial charge in [-0.25, -0.2) is 23.7 Å². The third-order valence-corrected chi connectivity index (χ3v) is 25.6. The first kappa shape index (κ1) is 87.7. The molecule has 0 unspecified atom stereocenters. The lowest BCUT2D eigenvalue weighted by molar-refractivity contribution is -0.127. The zero-order valence-corrected chi connectivity index (χ0v) is 75.1. The van der Waals surface area contributed by atoms with Gasteiger partial charge in [-0.15, -0.1) is 0 Å². The van der Waals surface area contributed by atoms with Crippen LogP contribution in [0.2, 0.25) is 10.0 Å². The monoisotopic (exact) mass is 1830 g/mol. The summed E-state index contributed by atoms with van der Waals surface area (Å²) < 4.78 is 67.7. The van der Waals surface area contributed by atoms with Crippen LogP contribution in [0, 0.1) is 18.6 Å². The molecule has 3 N–H and O–H groups in total. The van der Waals surface area contributed by atoms with Gasteiger partial charge in [0.1, 0.15) is 78.7 Å². The van der Waals surface area contributed by atoms with Crippen molar-refractivity contribution < 1.29 is 51.6 Å². The number of fused-ring (bicyclic) bond motifs is 8. The second-order valence-electron chi connectivity index (χ2n) is 33.6. The molecule has 0 spiro atoms. The summed E-state index contributed by atoms with van der Waals surface area (Å²) in [5.41, 5.74) is 9.80. The van der Waals surface area contributed by atoms with Crippen molar-refractivity contribution in [3.8, 4) is 70.2 Å². The molecular weight excluding hydrogens is 1740 g/mol. The first-order valence-corrected chi connectivity index (χ1v) is 44.8.